The van der Waals surface area contributed by atoms with Crippen molar-refractivity contribution in [3.8, 4) is 11.8 Å². The Morgan fingerprint density at radius 1 is 1.18 bits per heavy atom. The van der Waals surface area contributed by atoms with Gasteiger partial charge in [-0.25, -0.2) is 0 Å². The number of benzene rings is 1. The normalized spacial score (nSPS) is 10.1. The number of hydrogen-bond donors (Lipinski definition) is 0. The molecule has 92 valence electrons. The molecule has 3 heteroatoms. The summed E-state index contributed by atoms with van der Waals surface area (Å²) in [5.41, 5.74) is 4.85. The summed E-state index contributed by atoms with van der Waals surface area (Å²) in [5.74, 6) is 0.973. The largest absolute Gasteiger partial charge is 0.496 e. The second-order valence-corrected chi connectivity index (χ2v) is 5.01. The Morgan fingerprint density at radius 2 is 1.82 bits per heavy atom. The van der Waals surface area contributed by atoms with E-state index in [2.05, 4.69) is 42.8 Å². The van der Waals surface area contributed by atoms with Gasteiger partial charge in [-0.15, -0.1) is 0 Å². The molecular formula is C14H18BrNO. The SMILES string of the molecule is COc1c(C)c(C)c(Br)c(C)c1CCCC#N. The maximum Gasteiger partial charge on any atom is 0.125 e. The molecule has 0 amide bonds. The number of methoxy groups -OCH3 is 1. The quantitative estimate of drug-likeness (QED) is 0.779. The summed E-state index contributed by atoms with van der Waals surface area (Å²) in [7, 11) is 1.71. The van der Waals surface area contributed by atoms with Gasteiger partial charge in [-0.1, -0.05) is 15.9 Å². The van der Waals surface area contributed by atoms with Crippen molar-refractivity contribution < 1.29 is 4.74 Å². The number of ether oxygens (including phenoxy) is 1. The summed E-state index contributed by atoms with van der Waals surface area (Å²) in [5, 5.41) is 8.60. The third-order valence-electron chi connectivity index (χ3n) is 3.21. The molecule has 0 fully saturated rings. The second kappa shape index (κ2) is 6.07. The fourth-order valence-corrected chi connectivity index (χ4v) is 2.60. The van der Waals surface area contributed by atoms with Crippen LogP contribution in [-0.2, 0) is 6.42 Å². The summed E-state index contributed by atoms with van der Waals surface area (Å²) >= 11 is 3.63. The summed E-state index contributed by atoms with van der Waals surface area (Å²) in [6, 6.07) is 2.18. The van der Waals surface area contributed by atoms with Gasteiger partial charge in [-0.05, 0) is 55.9 Å². The Balaban J connectivity index is 3.22. The van der Waals surface area contributed by atoms with Gasteiger partial charge in [0.2, 0.25) is 0 Å². The molecule has 0 bridgehead atoms. The van der Waals surface area contributed by atoms with E-state index in [1.165, 1.54) is 22.3 Å². The average molecular weight is 296 g/mol. The first-order valence-electron chi connectivity index (χ1n) is 5.73. The van der Waals surface area contributed by atoms with Crippen LogP contribution in [0.15, 0.2) is 4.47 Å². The highest BCUT2D eigenvalue weighted by Crippen LogP contribution is 2.36. The van der Waals surface area contributed by atoms with Gasteiger partial charge in [0.25, 0.3) is 0 Å². The van der Waals surface area contributed by atoms with Crippen molar-refractivity contribution in [1.29, 1.82) is 5.26 Å². The molecule has 0 unspecified atom stereocenters. The molecule has 0 radical (unpaired) electrons. The van der Waals surface area contributed by atoms with Crippen LogP contribution in [0.2, 0.25) is 0 Å². The Hall–Kier alpha value is -1.01. The number of rotatable bonds is 4. The van der Waals surface area contributed by atoms with E-state index in [0.717, 1.165) is 23.1 Å². The third-order valence-corrected chi connectivity index (χ3v) is 4.40. The standard InChI is InChI=1S/C14H18BrNO/c1-9-10(2)14(17-4)12(7-5-6-8-16)11(3)13(9)15/h5-7H2,1-4H3. The van der Waals surface area contributed by atoms with E-state index in [0.29, 0.717) is 6.42 Å². The monoisotopic (exact) mass is 295 g/mol. The van der Waals surface area contributed by atoms with Crippen molar-refractivity contribution in [2.75, 3.05) is 7.11 Å². The minimum Gasteiger partial charge on any atom is -0.496 e. The van der Waals surface area contributed by atoms with E-state index >= 15 is 0 Å². The molecule has 0 saturated heterocycles. The first kappa shape index (κ1) is 14.1. The highest BCUT2D eigenvalue weighted by Gasteiger charge is 2.16. The molecule has 0 N–H and O–H groups in total. The molecule has 0 spiro atoms. The minimum absolute atomic E-state index is 0.590. The van der Waals surface area contributed by atoms with Crippen LogP contribution < -0.4 is 4.74 Å². The van der Waals surface area contributed by atoms with Crippen LogP contribution in [0, 0.1) is 32.1 Å². The number of unbranched alkanes of at least 4 members (excludes halogenated alkanes) is 1. The van der Waals surface area contributed by atoms with Gasteiger partial charge in [0, 0.05) is 10.9 Å². The molecule has 1 rings (SSSR count). The van der Waals surface area contributed by atoms with E-state index < -0.39 is 0 Å². The lowest BCUT2D eigenvalue weighted by atomic mass is 9.95. The van der Waals surface area contributed by atoms with E-state index in [1.54, 1.807) is 7.11 Å². The van der Waals surface area contributed by atoms with E-state index in [4.69, 9.17) is 10.00 Å². The summed E-state index contributed by atoms with van der Waals surface area (Å²) < 4.78 is 6.68. The number of nitrogens with zero attached hydrogens (tertiary/aromatic N) is 1. The number of hydrogen-bond acceptors (Lipinski definition) is 2. The highest BCUT2D eigenvalue weighted by atomic mass is 79.9. The van der Waals surface area contributed by atoms with Gasteiger partial charge < -0.3 is 4.74 Å². The van der Waals surface area contributed by atoms with Gasteiger partial charge in [-0.3, -0.25) is 0 Å². The first-order chi connectivity index (χ1) is 8.04. The minimum atomic E-state index is 0.590. The fourth-order valence-electron chi connectivity index (χ4n) is 2.07. The molecule has 1 aromatic carbocycles. The van der Waals surface area contributed by atoms with Crippen molar-refractivity contribution >= 4 is 15.9 Å². The number of nitriles is 1. The molecule has 0 heterocycles. The van der Waals surface area contributed by atoms with Crippen LogP contribution in [0.4, 0.5) is 0 Å². The lowest BCUT2D eigenvalue weighted by Gasteiger charge is -2.18. The molecule has 17 heavy (non-hydrogen) atoms. The lowest BCUT2D eigenvalue weighted by molar-refractivity contribution is 0.405. The van der Waals surface area contributed by atoms with E-state index in [1.807, 2.05) is 0 Å². The van der Waals surface area contributed by atoms with E-state index in [9.17, 15) is 0 Å². The zero-order chi connectivity index (χ0) is 13.0. The van der Waals surface area contributed by atoms with Crippen molar-refractivity contribution in [3.63, 3.8) is 0 Å². The molecule has 0 atom stereocenters. The molecule has 0 aliphatic heterocycles. The van der Waals surface area contributed by atoms with Gasteiger partial charge in [0.05, 0.1) is 13.2 Å². The molecule has 2 nitrogen and oxygen atoms in total. The molecule has 0 aromatic heterocycles. The van der Waals surface area contributed by atoms with Crippen molar-refractivity contribution in [2.24, 2.45) is 0 Å². The Labute approximate surface area is 112 Å². The molecule has 0 aliphatic carbocycles. The highest BCUT2D eigenvalue weighted by molar-refractivity contribution is 9.10. The summed E-state index contributed by atoms with van der Waals surface area (Å²) in [6.07, 6.45) is 2.36. The molecular weight excluding hydrogens is 278 g/mol. The molecule has 0 saturated carbocycles. The zero-order valence-electron chi connectivity index (χ0n) is 10.9. The predicted octanol–water partition coefficient (Wildman–Crippen LogP) is 4.23. The van der Waals surface area contributed by atoms with Crippen LogP contribution in [0.25, 0.3) is 0 Å². The van der Waals surface area contributed by atoms with Crippen molar-refractivity contribution in [2.45, 2.75) is 40.0 Å². The van der Waals surface area contributed by atoms with Gasteiger partial charge in [0.1, 0.15) is 5.75 Å². The lowest BCUT2D eigenvalue weighted by Crippen LogP contribution is -2.02. The van der Waals surface area contributed by atoms with Gasteiger partial charge in [-0.2, -0.15) is 5.26 Å². The van der Waals surface area contributed by atoms with Crippen LogP contribution >= 0.6 is 15.9 Å². The topological polar surface area (TPSA) is 33.0 Å². The smallest absolute Gasteiger partial charge is 0.125 e. The third kappa shape index (κ3) is 2.81. The van der Waals surface area contributed by atoms with Crippen molar-refractivity contribution in [1.82, 2.24) is 0 Å². The van der Waals surface area contributed by atoms with Gasteiger partial charge in [0.15, 0.2) is 0 Å². The average Bonchev–Trinajstić information content (AvgIpc) is 2.33. The maximum atomic E-state index is 8.60. The van der Waals surface area contributed by atoms with Crippen molar-refractivity contribution in [3.05, 3.63) is 26.7 Å². The van der Waals surface area contributed by atoms with Crippen LogP contribution in [0.5, 0.6) is 5.75 Å². The van der Waals surface area contributed by atoms with Crippen LogP contribution in [0.3, 0.4) is 0 Å². The molecule has 1 aromatic rings. The molecule has 0 aliphatic rings. The Bertz CT molecular complexity index is 461. The van der Waals surface area contributed by atoms with E-state index in [-0.39, 0.29) is 0 Å². The maximum absolute atomic E-state index is 8.60. The summed E-state index contributed by atoms with van der Waals surface area (Å²) in [6.45, 7) is 6.26. The van der Waals surface area contributed by atoms with Crippen LogP contribution in [0.1, 0.15) is 35.1 Å². The Morgan fingerprint density at radius 3 is 2.35 bits per heavy atom. The fraction of sp³-hybridized carbons (Fsp3) is 0.500. The Kier molecular flexibility index (Phi) is 5.02. The first-order valence-corrected chi connectivity index (χ1v) is 6.53. The van der Waals surface area contributed by atoms with Crippen LogP contribution in [-0.4, -0.2) is 7.11 Å². The number of halogens is 1. The zero-order valence-corrected chi connectivity index (χ0v) is 12.4. The predicted molar refractivity (Wildman–Crippen MR) is 73.5 cm³/mol. The second-order valence-electron chi connectivity index (χ2n) is 4.21. The van der Waals surface area contributed by atoms with Gasteiger partial charge >= 0.3 is 0 Å². The summed E-state index contributed by atoms with van der Waals surface area (Å²) in [4.78, 5) is 0.